The quantitative estimate of drug-likeness (QED) is 0.756. The van der Waals surface area contributed by atoms with Gasteiger partial charge in [0, 0.05) is 37.3 Å². The topological polar surface area (TPSA) is 99.8 Å². The number of hydrogen-bond donors (Lipinski definition) is 2. The Kier molecular flexibility index (Phi) is 5.51. The van der Waals surface area contributed by atoms with Crippen LogP contribution in [0.5, 0.6) is 0 Å². The number of carboxylic acid groups (broad SMARTS) is 1. The van der Waals surface area contributed by atoms with Crippen LogP contribution in [0.15, 0.2) is 11.6 Å². The molecule has 116 valence electrons. The smallest absolute Gasteiger partial charge is 0.407 e. The van der Waals surface area contributed by atoms with E-state index < -0.39 is 6.09 Å². The molecule has 8 heteroatoms. The van der Waals surface area contributed by atoms with E-state index in [0.29, 0.717) is 6.29 Å². The first-order valence-corrected chi connectivity index (χ1v) is 7.81. The molecule has 0 radical (unpaired) electrons. The van der Waals surface area contributed by atoms with Gasteiger partial charge in [0.15, 0.2) is 5.13 Å². The molecular weight excluding hydrogens is 292 g/mol. The number of aldehydes is 1. The van der Waals surface area contributed by atoms with E-state index in [2.05, 4.69) is 9.88 Å². The van der Waals surface area contributed by atoms with Crippen molar-refractivity contribution in [3.05, 3.63) is 11.6 Å². The summed E-state index contributed by atoms with van der Waals surface area (Å²) < 4.78 is 0. The normalized spacial score (nSPS) is 17.5. The maximum atomic E-state index is 11.0. The zero-order chi connectivity index (χ0) is 15.2. The monoisotopic (exact) mass is 312 g/mol. The SMILES string of the molecule is NC(CN(CC=O)C(=O)O)C1CCN(c2nccs2)CC1. The average molecular weight is 312 g/mol. The van der Waals surface area contributed by atoms with E-state index in [1.165, 1.54) is 0 Å². The van der Waals surface area contributed by atoms with Crippen molar-refractivity contribution < 1.29 is 14.7 Å². The Morgan fingerprint density at radius 3 is 2.86 bits per heavy atom. The van der Waals surface area contributed by atoms with Crippen molar-refractivity contribution in [2.45, 2.75) is 18.9 Å². The highest BCUT2D eigenvalue weighted by atomic mass is 32.1. The highest BCUT2D eigenvalue weighted by molar-refractivity contribution is 7.13. The van der Waals surface area contributed by atoms with Crippen molar-refractivity contribution in [2.24, 2.45) is 11.7 Å². The number of nitrogens with two attached hydrogens (primary N) is 1. The number of carbonyl (C=O) groups is 2. The molecule has 0 aromatic carbocycles. The predicted molar refractivity (Wildman–Crippen MR) is 80.7 cm³/mol. The van der Waals surface area contributed by atoms with Crippen LogP contribution < -0.4 is 10.6 Å². The molecule has 1 aliphatic heterocycles. The third-order valence-corrected chi connectivity index (χ3v) is 4.66. The van der Waals surface area contributed by atoms with Crippen LogP contribution in [0.25, 0.3) is 0 Å². The molecule has 2 rings (SSSR count). The summed E-state index contributed by atoms with van der Waals surface area (Å²) in [4.78, 5) is 29.1. The summed E-state index contributed by atoms with van der Waals surface area (Å²) in [6, 6.07) is -0.237. The van der Waals surface area contributed by atoms with Crippen LogP contribution in [0.2, 0.25) is 0 Å². The first-order valence-electron chi connectivity index (χ1n) is 6.93. The lowest BCUT2D eigenvalue weighted by molar-refractivity contribution is -0.108. The summed E-state index contributed by atoms with van der Waals surface area (Å²) in [5.74, 6) is 0.273. The second-order valence-electron chi connectivity index (χ2n) is 5.16. The fraction of sp³-hybridized carbons (Fsp3) is 0.615. The lowest BCUT2D eigenvalue weighted by Gasteiger charge is -2.35. The summed E-state index contributed by atoms with van der Waals surface area (Å²) >= 11 is 1.62. The summed E-state index contributed by atoms with van der Waals surface area (Å²) in [6.07, 6.45) is 3.11. The summed E-state index contributed by atoms with van der Waals surface area (Å²) in [5.41, 5.74) is 6.13. The van der Waals surface area contributed by atoms with Gasteiger partial charge in [0.25, 0.3) is 0 Å². The van der Waals surface area contributed by atoms with Crippen LogP contribution in [0, 0.1) is 5.92 Å². The molecule has 7 nitrogen and oxygen atoms in total. The van der Waals surface area contributed by atoms with Crippen LogP contribution >= 0.6 is 11.3 Å². The number of piperidine rings is 1. The van der Waals surface area contributed by atoms with Crippen molar-refractivity contribution in [1.82, 2.24) is 9.88 Å². The van der Waals surface area contributed by atoms with Gasteiger partial charge in [0.05, 0.1) is 6.54 Å². The number of nitrogens with zero attached hydrogens (tertiary/aromatic N) is 3. The molecule has 0 bridgehead atoms. The first-order chi connectivity index (χ1) is 10.1. The largest absolute Gasteiger partial charge is 0.465 e. The Labute approximate surface area is 127 Å². The fourth-order valence-electron chi connectivity index (χ4n) is 2.62. The van der Waals surface area contributed by atoms with Crippen LogP contribution in [-0.2, 0) is 4.79 Å². The predicted octanol–water partition coefficient (Wildman–Crippen LogP) is 0.866. The van der Waals surface area contributed by atoms with Gasteiger partial charge in [-0.1, -0.05) is 0 Å². The number of amides is 1. The van der Waals surface area contributed by atoms with Crippen molar-refractivity contribution in [2.75, 3.05) is 31.1 Å². The number of aromatic nitrogens is 1. The number of anilines is 1. The van der Waals surface area contributed by atoms with Gasteiger partial charge in [-0.25, -0.2) is 9.78 Å². The average Bonchev–Trinajstić information content (AvgIpc) is 3.01. The Bertz CT molecular complexity index is 460. The van der Waals surface area contributed by atoms with Gasteiger partial charge < -0.3 is 20.5 Å². The second kappa shape index (κ2) is 7.37. The molecule has 3 N–H and O–H groups in total. The van der Waals surface area contributed by atoms with E-state index in [9.17, 15) is 9.59 Å². The number of thiazole rings is 1. The minimum absolute atomic E-state index is 0.124. The molecule has 1 aromatic heterocycles. The Hall–Kier alpha value is -1.67. The molecule has 2 heterocycles. The van der Waals surface area contributed by atoms with Crippen LogP contribution in [0.1, 0.15) is 12.8 Å². The molecule has 1 fully saturated rings. The zero-order valence-electron chi connectivity index (χ0n) is 11.7. The lowest BCUT2D eigenvalue weighted by atomic mass is 9.90. The molecule has 1 unspecified atom stereocenters. The minimum Gasteiger partial charge on any atom is -0.465 e. The van der Waals surface area contributed by atoms with Crippen molar-refractivity contribution >= 4 is 28.8 Å². The van der Waals surface area contributed by atoms with Crippen LogP contribution in [0.4, 0.5) is 9.93 Å². The highest BCUT2D eigenvalue weighted by Crippen LogP contribution is 2.26. The molecule has 0 saturated carbocycles. The van der Waals surface area contributed by atoms with Crippen LogP contribution in [-0.4, -0.2) is 59.6 Å². The molecule has 1 aromatic rings. The zero-order valence-corrected chi connectivity index (χ0v) is 12.5. The number of rotatable bonds is 6. The molecule has 1 atom stereocenters. The number of carbonyl (C=O) groups excluding carboxylic acids is 1. The maximum absolute atomic E-state index is 11.0. The van der Waals surface area contributed by atoms with Crippen LogP contribution in [0.3, 0.4) is 0 Å². The highest BCUT2D eigenvalue weighted by Gasteiger charge is 2.27. The standard InChI is InChI=1S/C13H20N4O3S/c14-11(9-17(6-7-18)13(19)20)10-1-4-16(5-2-10)12-15-3-8-21-12/h3,7-8,10-11H,1-2,4-6,9,14H2,(H,19,20). The van der Waals surface area contributed by atoms with Gasteiger partial charge in [-0.05, 0) is 18.8 Å². The third-order valence-electron chi connectivity index (χ3n) is 3.83. The minimum atomic E-state index is -1.10. The van der Waals surface area contributed by atoms with Gasteiger partial charge in [-0.2, -0.15) is 0 Å². The van der Waals surface area contributed by atoms with Gasteiger partial charge in [-0.3, -0.25) is 4.90 Å². The lowest BCUT2D eigenvalue weighted by Crippen LogP contribution is -2.48. The number of hydrogen-bond acceptors (Lipinski definition) is 6. The molecule has 0 spiro atoms. The van der Waals surface area contributed by atoms with Gasteiger partial charge in [-0.15, -0.1) is 11.3 Å². The van der Waals surface area contributed by atoms with E-state index in [1.807, 2.05) is 5.38 Å². The maximum Gasteiger partial charge on any atom is 0.407 e. The molecule has 1 aliphatic rings. The summed E-state index contributed by atoms with van der Waals surface area (Å²) in [6.45, 7) is 1.84. The van der Waals surface area contributed by atoms with Crippen molar-refractivity contribution in [3.8, 4) is 0 Å². The molecule has 1 saturated heterocycles. The Balaban J connectivity index is 1.83. The Morgan fingerprint density at radius 2 is 2.33 bits per heavy atom. The summed E-state index contributed by atoms with van der Waals surface area (Å²) in [7, 11) is 0. The summed E-state index contributed by atoms with van der Waals surface area (Å²) in [5, 5.41) is 12.0. The van der Waals surface area contributed by atoms with E-state index in [1.54, 1.807) is 17.5 Å². The molecule has 1 amide bonds. The second-order valence-corrected chi connectivity index (χ2v) is 6.03. The van der Waals surface area contributed by atoms with Crippen molar-refractivity contribution in [3.63, 3.8) is 0 Å². The molecule has 0 aliphatic carbocycles. The van der Waals surface area contributed by atoms with E-state index in [-0.39, 0.29) is 25.0 Å². The molecule has 21 heavy (non-hydrogen) atoms. The fourth-order valence-corrected chi connectivity index (χ4v) is 3.31. The first kappa shape index (κ1) is 15.7. The van der Waals surface area contributed by atoms with Gasteiger partial charge in [0.2, 0.25) is 0 Å². The van der Waals surface area contributed by atoms with Gasteiger partial charge in [0.1, 0.15) is 6.29 Å². The van der Waals surface area contributed by atoms with E-state index in [0.717, 1.165) is 36.0 Å². The Morgan fingerprint density at radius 1 is 1.62 bits per heavy atom. The van der Waals surface area contributed by atoms with Crippen molar-refractivity contribution in [1.29, 1.82) is 0 Å². The third kappa shape index (κ3) is 4.15. The van der Waals surface area contributed by atoms with E-state index >= 15 is 0 Å². The van der Waals surface area contributed by atoms with Gasteiger partial charge >= 0.3 is 6.09 Å². The molecular formula is C13H20N4O3S. The van der Waals surface area contributed by atoms with E-state index in [4.69, 9.17) is 10.8 Å².